The first-order chi connectivity index (χ1) is 6.40. The Labute approximate surface area is 82.6 Å². The highest BCUT2D eigenvalue weighted by Gasteiger charge is 2.49. The zero-order chi connectivity index (χ0) is 10.8. The first kappa shape index (κ1) is 11.8. The maximum absolute atomic E-state index is 13.2. The molecule has 0 radical (unpaired) electrons. The zero-order valence-corrected chi connectivity index (χ0v) is 8.82. The van der Waals surface area contributed by atoms with Crippen molar-refractivity contribution in [2.75, 3.05) is 6.61 Å². The molecule has 0 heterocycles. The summed E-state index contributed by atoms with van der Waals surface area (Å²) in [4.78, 5) is 0. The average Bonchev–Trinajstić information content (AvgIpc) is 2.02. The highest BCUT2D eigenvalue weighted by molar-refractivity contribution is 7.87. The second kappa shape index (κ2) is 4.10. The van der Waals surface area contributed by atoms with Gasteiger partial charge in [0.1, 0.15) is 5.25 Å². The summed E-state index contributed by atoms with van der Waals surface area (Å²) in [6.07, 6.45) is 0.539. The highest BCUT2D eigenvalue weighted by atomic mass is 32.2. The monoisotopic (exact) mass is 228 g/mol. The Balaban J connectivity index is 2.84. The normalized spacial score (nSPS) is 27.5. The second-order valence-electron chi connectivity index (χ2n) is 3.39. The molecule has 1 aliphatic rings. The van der Waals surface area contributed by atoms with E-state index < -0.39 is 21.3 Å². The summed E-state index contributed by atoms with van der Waals surface area (Å²) >= 11 is 0. The topological polar surface area (TPSA) is 43.4 Å². The van der Waals surface area contributed by atoms with E-state index in [4.69, 9.17) is 0 Å². The van der Waals surface area contributed by atoms with Crippen molar-refractivity contribution in [1.82, 2.24) is 0 Å². The van der Waals surface area contributed by atoms with Gasteiger partial charge >= 0.3 is 0 Å². The van der Waals surface area contributed by atoms with Crippen LogP contribution in [0.25, 0.3) is 0 Å². The lowest BCUT2D eigenvalue weighted by Gasteiger charge is -2.29. The van der Waals surface area contributed by atoms with Crippen molar-refractivity contribution >= 4 is 10.1 Å². The summed E-state index contributed by atoms with van der Waals surface area (Å²) in [7, 11) is -4.09. The van der Waals surface area contributed by atoms with Gasteiger partial charge in [0.05, 0.1) is 6.61 Å². The van der Waals surface area contributed by atoms with Crippen LogP contribution >= 0.6 is 0 Å². The third-order valence-corrected chi connectivity index (χ3v) is 4.17. The molecule has 0 spiro atoms. The number of hydrogen-bond donors (Lipinski definition) is 0. The lowest BCUT2D eigenvalue weighted by molar-refractivity contribution is -0.0322. The molecule has 0 aromatic rings. The molecule has 0 bridgehead atoms. The summed E-state index contributed by atoms with van der Waals surface area (Å²) in [5.41, 5.74) is 0. The Morgan fingerprint density at radius 2 is 2.07 bits per heavy atom. The van der Waals surface area contributed by atoms with Crippen molar-refractivity contribution in [2.45, 2.75) is 43.8 Å². The molecule has 0 aromatic heterocycles. The van der Waals surface area contributed by atoms with Gasteiger partial charge in [-0.2, -0.15) is 8.42 Å². The molecule has 1 saturated carbocycles. The van der Waals surface area contributed by atoms with Crippen LogP contribution in [0.4, 0.5) is 8.78 Å². The Kier molecular flexibility index (Phi) is 3.47. The van der Waals surface area contributed by atoms with E-state index in [1.807, 2.05) is 0 Å². The predicted molar refractivity (Wildman–Crippen MR) is 47.7 cm³/mol. The molecular formula is C8H14F2O3S. The molecule has 0 saturated heterocycles. The zero-order valence-electron chi connectivity index (χ0n) is 8.00. The molecule has 3 nitrogen and oxygen atoms in total. The van der Waals surface area contributed by atoms with Gasteiger partial charge in [-0.1, -0.05) is 6.42 Å². The smallest absolute Gasteiger partial charge is 0.270 e. The van der Waals surface area contributed by atoms with Gasteiger partial charge in [0.25, 0.3) is 16.0 Å². The molecule has 0 amide bonds. The largest absolute Gasteiger partial charge is 0.276 e. The van der Waals surface area contributed by atoms with E-state index in [1.54, 1.807) is 0 Å². The third-order valence-electron chi connectivity index (χ3n) is 2.33. The lowest BCUT2D eigenvalue weighted by atomic mass is 9.96. The minimum Gasteiger partial charge on any atom is -0.270 e. The van der Waals surface area contributed by atoms with Crippen LogP contribution in [0.15, 0.2) is 0 Å². The molecule has 14 heavy (non-hydrogen) atoms. The summed E-state index contributed by atoms with van der Waals surface area (Å²) < 4.78 is 53.5. The van der Waals surface area contributed by atoms with Crippen LogP contribution in [0, 0.1) is 0 Å². The minimum atomic E-state index is -4.09. The van der Waals surface area contributed by atoms with Crippen LogP contribution in [0.1, 0.15) is 32.6 Å². The van der Waals surface area contributed by atoms with Crippen molar-refractivity contribution in [3.8, 4) is 0 Å². The van der Waals surface area contributed by atoms with Gasteiger partial charge < -0.3 is 0 Å². The Morgan fingerprint density at radius 3 is 2.57 bits per heavy atom. The summed E-state index contributed by atoms with van der Waals surface area (Å²) in [5.74, 6) is -3.13. The SMILES string of the molecule is CCOS(=O)(=O)C1CCCCC1(F)F. The molecule has 1 rings (SSSR count). The fourth-order valence-corrected chi connectivity index (χ4v) is 3.15. The standard InChI is InChI=1S/C8H14F2O3S/c1-2-13-14(11,12)7-5-3-4-6-8(7,9)10/h7H,2-6H2,1H3. The number of halogens is 2. The van der Waals surface area contributed by atoms with Gasteiger partial charge in [0.15, 0.2) is 0 Å². The van der Waals surface area contributed by atoms with Gasteiger partial charge in [-0.3, -0.25) is 4.18 Å². The van der Waals surface area contributed by atoms with Crippen LogP contribution < -0.4 is 0 Å². The first-order valence-corrected chi connectivity index (χ1v) is 6.13. The highest BCUT2D eigenvalue weighted by Crippen LogP contribution is 2.38. The molecule has 1 aliphatic carbocycles. The molecule has 0 N–H and O–H groups in total. The van der Waals surface area contributed by atoms with Crippen LogP contribution in [0.3, 0.4) is 0 Å². The molecule has 0 aliphatic heterocycles. The maximum Gasteiger partial charge on any atom is 0.276 e. The summed E-state index contributed by atoms with van der Waals surface area (Å²) in [6, 6.07) is 0. The van der Waals surface area contributed by atoms with E-state index in [0.29, 0.717) is 12.8 Å². The van der Waals surface area contributed by atoms with Gasteiger partial charge in [-0.05, 0) is 19.8 Å². The number of alkyl halides is 2. The van der Waals surface area contributed by atoms with Crippen LogP contribution in [-0.2, 0) is 14.3 Å². The number of rotatable bonds is 3. The second-order valence-corrected chi connectivity index (χ2v) is 5.19. The van der Waals surface area contributed by atoms with Crippen LogP contribution in [0.5, 0.6) is 0 Å². The van der Waals surface area contributed by atoms with Crippen LogP contribution in [-0.4, -0.2) is 26.2 Å². The van der Waals surface area contributed by atoms with E-state index in [1.165, 1.54) is 6.92 Å². The van der Waals surface area contributed by atoms with Crippen molar-refractivity contribution in [2.24, 2.45) is 0 Å². The number of hydrogen-bond acceptors (Lipinski definition) is 3. The fourth-order valence-electron chi connectivity index (χ4n) is 1.66. The quantitative estimate of drug-likeness (QED) is 0.693. The molecule has 1 unspecified atom stereocenters. The predicted octanol–water partition coefficient (Wildman–Crippen LogP) is 1.93. The van der Waals surface area contributed by atoms with E-state index in [0.717, 1.165) is 0 Å². The lowest BCUT2D eigenvalue weighted by Crippen LogP contribution is -2.43. The van der Waals surface area contributed by atoms with Crippen molar-refractivity contribution in [3.63, 3.8) is 0 Å². The molecule has 6 heteroatoms. The maximum atomic E-state index is 13.2. The average molecular weight is 228 g/mol. The molecule has 1 fully saturated rings. The first-order valence-electron chi connectivity index (χ1n) is 4.66. The van der Waals surface area contributed by atoms with E-state index in [9.17, 15) is 17.2 Å². The van der Waals surface area contributed by atoms with E-state index in [-0.39, 0.29) is 19.4 Å². The van der Waals surface area contributed by atoms with Crippen molar-refractivity contribution in [1.29, 1.82) is 0 Å². The van der Waals surface area contributed by atoms with Crippen LogP contribution in [0.2, 0.25) is 0 Å². The Bertz CT molecular complexity index is 287. The molecule has 84 valence electrons. The van der Waals surface area contributed by atoms with Crippen molar-refractivity contribution < 1.29 is 21.4 Å². The van der Waals surface area contributed by atoms with Crippen molar-refractivity contribution in [3.05, 3.63) is 0 Å². The Hall–Kier alpha value is -0.230. The van der Waals surface area contributed by atoms with E-state index >= 15 is 0 Å². The molecular weight excluding hydrogens is 214 g/mol. The van der Waals surface area contributed by atoms with Gasteiger partial charge in [0.2, 0.25) is 0 Å². The molecule has 0 aromatic carbocycles. The minimum absolute atomic E-state index is 0.00463. The van der Waals surface area contributed by atoms with Gasteiger partial charge in [-0.25, -0.2) is 8.78 Å². The summed E-state index contributed by atoms with van der Waals surface area (Å²) in [6.45, 7) is 1.38. The fraction of sp³-hybridized carbons (Fsp3) is 1.00. The van der Waals surface area contributed by atoms with E-state index in [2.05, 4.69) is 4.18 Å². The third kappa shape index (κ3) is 2.42. The Morgan fingerprint density at radius 1 is 1.43 bits per heavy atom. The van der Waals surface area contributed by atoms with Gasteiger partial charge in [-0.15, -0.1) is 0 Å². The van der Waals surface area contributed by atoms with Gasteiger partial charge in [0, 0.05) is 6.42 Å². The summed E-state index contributed by atoms with van der Waals surface area (Å²) in [5, 5.41) is -1.65. The molecule has 1 atom stereocenters.